The van der Waals surface area contributed by atoms with Crippen molar-refractivity contribution in [3.8, 4) is 0 Å². The molecule has 0 bridgehead atoms. The van der Waals surface area contributed by atoms with Crippen molar-refractivity contribution in [3.63, 3.8) is 0 Å². The van der Waals surface area contributed by atoms with E-state index in [1.807, 2.05) is 0 Å². The van der Waals surface area contributed by atoms with Gasteiger partial charge in [0.15, 0.2) is 0 Å². The van der Waals surface area contributed by atoms with E-state index in [-0.39, 0.29) is 0 Å². The lowest BCUT2D eigenvalue weighted by Gasteiger charge is -2.42. The lowest BCUT2D eigenvalue weighted by molar-refractivity contribution is 0.160. The van der Waals surface area contributed by atoms with E-state index in [4.69, 9.17) is 0 Å². The number of rotatable bonds is 17. The predicted octanol–water partition coefficient (Wildman–Crippen LogP) is 10.1. The van der Waals surface area contributed by atoms with Gasteiger partial charge in [0.2, 0.25) is 0 Å². The van der Waals surface area contributed by atoms with Gasteiger partial charge >= 0.3 is 0 Å². The van der Waals surface area contributed by atoms with Crippen LogP contribution in [0.15, 0.2) is 42.5 Å². The first-order valence-electron chi connectivity index (χ1n) is 15.8. The fraction of sp³-hybridized carbons (Fsp3) is 0.657. The van der Waals surface area contributed by atoms with Crippen molar-refractivity contribution in [3.05, 3.63) is 70.3 Å². The van der Waals surface area contributed by atoms with Gasteiger partial charge in [-0.25, -0.2) is 0 Å². The Morgan fingerprint density at radius 1 is 0.611 bits per heavy atom. The van der Waals surface area contributed by atoms with Crippen LogP contribution in [0.2, 0.25) is 0 Å². The molecule has 1 nitrogen and oxygen atoms in total. The minimum absolute atomic E-state index is 0.598. The van der Waals surface area contributed by atoms with E-state index in [0.717, 1.165) is 6.54 Å². The fourth-order valence-corrected chi connectivity index (χ4v) is 6.75. The Balaban J connectivity index is 1.09. The van der Waals surface area contributed by atoms with Gasteiger partial charge in [0.25, 0.3) is 0 Å². The van der Waals surface area contributed by atoms with Gasteiger partial charge in [0.05, 0.1) is 0 Å². The van der Waals surface area contributed by atoms with Crippen molar-refractivity contribution >= 4 is 0 Å². The third kappa shape index (κ3) is 8.20. The average molecular weight is 488 g/mol. The number of hydrogen-bond donors (Lipinski definition) is 0. The van der Waals surface area contributed by atoms with Crippen molar-refractivity contribution < 1.29 is 0 Å². The van der Waals surface area contributed by atoms with E-state index in [9.17, 15) is 0 Å². The molecule has 2 aromatic rings. The molecule has 4 rings (SSSR count). The van der Waals surface area contributed by atoms with Gasteiger partial charge in [-0.15, -0.1) is 0 Å². The molecule has 0 fully saturated rings. The molecule has 1 unspecified atom stereocenters. The van der Waals surface area contributed by atoms with Crippen LogP contribution in [-0.2, 0) is 25.8 Å². The molecule has 2 aromatic carbocycles. The van der Waals surface area contributed by atoms with Crippen LogP contribution < -0.4 is 0 Å². The van der Waals surface area contributed by atoms with Crippen LogP contribution in [0.5, 0.6) is 0 Å². The summed E-state index contributed by atoms with van der Waals surface area (Å²) >= 11 is 0. The number of unbranched alkanes of at least 4 members (excludes halogenated alkanes) is 15. The number of hydrogen-bond acceptors (Lipinski definition) is 1. The molecule has 1 heteroatoms. The molecule has 0 saturated carbocycles. The maximum Gasteiger partial charge on any atom is 0.0397 e. The van der Waals surface area contributed by atoms with Crippen LogP contribution in [0.3, 0.4) is 0 Å². The number of aryl methyl sites for hydroxylation is 1. The van der Waals surface area contributed by atoms with E-state index in [1.54, 1.807) is 27.8 Å². The summed E-state index contributed by atoms with van der Waals surface area (Å²) in [5.41, 5.74) is 8.09. The SMILES string of the molecule is CCCCCCCCCCCCCCCCCCc1cccc2c1C1Cc3ccccc3CN1CC2. The summed E-state index contributed by atoms with van der Waals surface area (Å²) in [5, 5.41) is 0. The number of benzene rings is 2. The van der Waals surface area contributed by atoms with Gasteiger partial charge in [-0.3, -0.25) is 4.90 Å². The van der Waals surface area contributed by atoms with Crippen LogP contribution >= 0.6 is 0 Å². The van der Waals surface area contributed by atoms with Crippen LogP contribution in [-0.4, -0.2) is 11.4 Å². The van der Waals surface area contributed by atoms with Gasteiger partial charge in [-0.1, -0.05) is 146 Å². The molecule has 1 atom stereocenters. The van der Waals surface area contributed by atoms with Crippen molar-refractivity contribution in [2.75, 3.05) is 6.54 Å². The first-order valence-corrected chi connectivity index (χ1v) is 15.8. The zero-order valence-corrected chi connectivity index (χ0v) is 23.4. The molecule has 2 aliphatic heterocycles. The summed E-state index contributed by atoms with van der Waals surface area (Å²) in [6.07, 6.45) is 26.8. The standard InChI is InChI=1S/C35H53N/c1-2-3-4-5-6-7-8-9-10-11-12-13-14-15-16-17-21-30-24-20-25-31-26-27-36-29-33-23-19-18-22-32(33)28-34(36)35(30)31/h18-20,22-25,34H,2-17,21,26-29H2,1H3. The highest BCUT2D eigenvalue weighted by Gasteiger charge is 2.33. The quantitative estimate of drug-likeness (QED) is 0.201. The second-order valence-electron chi connectivity index (χ2n) is 11.8. The maximum absolute atomic E-state index is 2.75. The molecule has 0 saturated heterocycles. The molecule has 2 heterocycles. The Kier molecular flexibility index (Phi) is 11.9. The lowest BCUT2D eigenvalue weighted by Crippen LogP contribution is -2.39. The first kappa shape index (κ1) is 27.4. The second kappa shape index (κ2) is 15.6. The van der Waals surface area contributed by atoms with E-state index in [2.05, 4.69) is 54.3 Å². The van der Waals surface area contributed by atoms with E-state index >= 15 is 0 Å². The van der Waals surface area contributed by atoms with Crippen molar-refractivity contribution in [2.45, 2.75) is 142 Å². The van der Waals surface area contributed by atoms with Gasteiger partial charge in [-0.05, 0) is 53.5 Å². The summed E-state index contributed by atoms with van der Waals surface area (Å²) in [4.78, 5) is 2.75. The van der Waals surface area contributed by atoms with Crippen molar-refractivity contribution in [1.29, 1.82) is 0 Å². The monoisotopic (exact) mass is 487 g/mol. The Morgan fingerprint density at radius 2 is 1.17 bits per heavy atom. The van der Waals surface area contributed by atoms with E-state index in [0.29, 0.717) is 6.04 Å². The van der Waals surface area contributed by atoms with E-state index in [1.165, 1.54) is 129 Å². The Hall–Kier alpha value is -1.60. The highest BCUT2D eigenvalue weighted by atomic mass is 15.2. The molecule has 0 N–H and O–H groups in total. The molecule has 0 aliphatic carbocycles. The summed E-state index contributed by atoms with van der Waals surface area (Å²) < 4.78 is 0. The minimum Gasteiger partial charge on any atom is -0.291 e. The molecular weight excluding hydrogens is 434 g/mol. The molecule has 0 aromatic heterocycles. The highest BCUT2D eigenvalue weighted by molar-refractivity contribution is 5.43. The second-order valence-corrected chi connectivity index (χ2v) is 11.8. The van der Waals surface area contributed by atoms with Crippen molar-refractivity contribution in [1.82, 2.24) is 4.90 Å². The first-order chi connectivity index (χ1) is 17.9. The van der Waals surface area contributed by atoms with Crippen LogP contribution in [0.4, 0.5) is 0 Å². The zero-order valence-electron chi connectivity index (χ0n) is 23.4. The zero-order chi connectivity index (χ0) is 24.8. The molecule has 0 spiro atoms. The van der Waals surface area contributed by atoms with Crippen LogP contribution in [0.1, 0.15) is 144 Å². The Labute approximate surface area is 223 Å². The smallest absolute Gasteiger partial charge is 0.0397 e. The van der Waals surface area contributed by atoms with Crippen LogP contribution in [0.25, 0.3) is 0 Å². The summed E-state index contributed by atoms with van der Waals surface area (Å²) in [6, 6.07) is 16.9. The summed E-state index contributed by atoms with van der Waals surface area (Å²) in [6.45, 7) is 4.65. The molecule has 2 aliphatic rings. The third-order valence-corrected chi connectivity index (χ3v) is 8.93. The Bertz CT molecular complexity index is 884. The highest BCUT2D eigenvalue weighted by Crippen LogP contribution is 2.40. The van der Waals surface area contributed by atoms with E-state index < -0.39 is 0 Å². The third-order valence-electron chi connectivity index (χ3n) is 8.93. The average Bonchev–Trinajstić information content (AvgIpc) is 2.91. The molecule has 198 valence electrons. The van der Waals surface area contributed by atoms with Gasteiger partial charge in [-0.2, -0.15) is 0 Å². The normalized spacial score (nSPS) is 17.0. The number of nitrogens with zero attached hydrogens (tertiary/aromatic N) is 1. The molecule has 0 amide bonds. The van der Waals surface area contributed by atoms with Crippen LogP contribution in [0, 0.1) is 0 Å². The Morgan fingerprint density at radius 3 is 1.81 bits per heavy atom. The molecular formula is C35H53N. The summed E-state index contributed by atoms with van der Waals surface area (Å²) in [5.74, 6) is 0. The largest absolute Gasteiger partial charge is 0.291 e. The maximum atomic E-state index is 2.75. The van der Waals surface area contributed by atoms with Gasteiger partial charge in [0, 0.05) is 19.1 Å². The van der Waals surface area contributed by atoms with Gasteiger partial charge in [0.1, 0.15) is 0 Å². The predicted molar refractivity (Wildman–Crippen MR) is 157 cm³/mol. The minimum atomic E-state index is 0.598. The molecule has 0 radical (unpaired) electrons. The topological polar surface area (TPSA) is 3.24 Å². The van der Waals surface area contributed by atoms with Gasteiger partial charge < -0.3 is 0 Å². The molecule has 36 heavy (non-hydrogen) atoms. The lowest BCUT2D eigenvalue weighted by atomic mass is 9.81. The number of fused-ring (bicyclic) bond motifs is 4. The summed E-state index contributed by atoms with van der Waals surface area (Å²) in [7, 11) is 0. The van der Waals surface area contributed by atoms with Crippen molar-refractivity contribution in [2.24, 2.45) is 0 Å². The fourth-order valence-electron chi connectivity index (χ4n) is 6.75.